The predicted molar refractivity (Wildman–Crippen MR) is 109 cm³/mol. The monoisotopic (exact) mass is 390 g/mol. The maximum absolute atomic E-state index is 11.9. The van der Waals surface area contributed by atoms with Crippen LogP contribution in [0.15, 0.2) is 77.0 Å². The van der Waals surface area contributed by atoms with Gasteiger partial charge in [-0.2, -0.15) is 0 Å². The lowest BCUT2D eigenvalue weighted by atomic mass is 10.1. The first kappa shape index (κ1) is 17.9. The minimum Gasteiger partial charge on any atom is -0.447 e. The second-order valence-electron chi connectivity index (χ2n) is 6.14. The van der Waals surface area contributed by atoms with Crippen LogP contribution in [0.25, 0.3) is 11.3 Å². The summed E-state index contributed by atoms with van der Waals surface area (Å²) in [6.45, 7) is 0.289. The predicted octanol–water partition coefficient (Wildman–Crippen LogP) is 4.71. The van der Waals surface area contributed by atoms with Crippen LogP contribution in [0.2, 0.25) is 0 Å². The van der Waals surface area contributed by atoms with E-state index in [1.807, 2.05) is 42.5 Å². The van der Waals surface area contributed by atoms with Crippen LogP contribution in [-0.4, -0.2) is 16.0 Å². The summed E-state index contributed by atoms with van der Waals surface area (Å²) < 4.78 is 5.08. The number of aromatic nitrogens is 2. The summed E-state index contributed by atoms with van der Waals surface area (Å²) in [6, 6.07) is 17.6. The smallest absolute Gasteiger partial charge is 0.319 e. The van der Waals surface area contributed by atoms with Crippen LogP contribution in [0.5, 0.6) is 0 Å². The van der Waals surface area contributed by atoms with Crippen molar-refractivity contribution in [1.82, 2.24) is 15.3 Å². The van der Waals surface area contributed by atoms with E-state index < -0.39 is 0 Å². The number of carbonyl (C=O) groups is 1. The van der Waals surface area contributed by atoms with Crippen molar-refractivity contribution in [1.29, 1.82) is 0 Å². The van der Waals surface area contributed by atoms with E-state index in [0.29, 0.717) is 5.76 Å². The van der Waals surface area contributed by atoms with E-state index in [-0.39, 0.29) is 12.6 Å². The van der Waals surface area contributed by atoms with E-state index >= 15 is 0 Å². The van der Waals surface area contributed by atoms with Crippen molar-refractivity contribution in [2.24, 2.45) is 0 Å². The zero-order valence-electron chi connectivity index (χ0n) is 15.0. The highest BCUT2D eigenvalue weighted by atomic mass is 32.1. The second kappa shape index (κ2) is 8.49. The van der Waals surface area contributed by atoms with Gasteiger partial charge in [0.1, 0.15) is 5.76 Å². The topological polar surface area (TPSA) is 80.0 Å². The largest absolute Gasteiger partial charge is 0.447 e. The summed E-state index contributed by atoms with van der Waals surface area (Å²) in [5.41, 5.74) is 3.99. The molecular weight excluding hydrogens is 372 g/mol. The number of anilines is 1. The first-order valence-corrected chi connectivity index (χ1v) is 9.65. The molecule has 0 spiro atoms. The average Bonchev–Trinajstić information content (AvgIpc) is 3.41. The number of nitrogens with one attached hydrogen (secondary N) is 2. The van der Waals surface area contributed by atoms with Crippen molar-refractivity contribution >= 4 is 23.1 Å². The van der Waals surface area contributed by atoms with Crippen LogP contribution >= 0.6 is 11.3 Å². The van der Waals surface area contributed by atoms with Gasteiger partial charge in [0.2, 0.25) is 0 Å². The third-order valence-electron chi connectivity index (χ3n) is 4.10. The van der Waals surface area contributed by atoms with Crippen LogP contribution in [0, 0.1) is 0 Å². The number of hydrogen-bond donors (Lipinski definition) is 2. The van der Waals surface area contributed by atoms with Crippen molar-refractivity contribution in [2.45, 2.75) is 13.0 Å². The Kier molecular flexibility index (Phi) is 5.44. The summed E-state index contributed by atoms with van der Waals surface area (Å²) in [4.78, 5) is 20.5. The van der Waals surface area contributed by atoms with Gasteiger partial charge in [-0.05, 0) is 17.7 Å². The Morgan fingerprint density at radius 3 is 2.64 bits per heavy atom. The Morgan fingerprint density at radius 1 is 1.07 bits per heavy atom. The SMILES string of the molecule is O=C(NCc1cnco1)Nc1ccc(Cc2nc(-c3ccccc3)cs2)cc1. The molecule has 6 nitrogen and oxygen atoms in total. The molecule has 2 heterocycles. The number of urea groups is 1. The van der Waals surface area contributed by atoms with Gasteiger partial charge in [0.15, 0.2) is 6.39 Å². The van der Waals surface area contributed by atoms with E-state index in [9.17, 15) is 4.79 Å². The molecule has 2 aromatic carbocycles. The van der Waals surface area contributed by atoms with Gasteiger partial charge >= 0.3 is 6.03 Å². The molecule has 2 amide bonds. The highest BCUT2D eigenvalue weighted by molar-refractivity contribution is 7.10. The molecule has 4 rings (SSSR count). The Morgan fingerprint density at radius 2 is 1.89 bits per heavy atom. The molecule has 0 fully saturated rings. The Bertz CT molecular complexity index is 1030. The first-order valence-electron chi connectivity index (χ1n) is 8.77. The molecule has 140 valence electrons. The zero-order valence-corrected chi connectivity index (χ0v) is 15.8. The highest BCUT2D eigenvalue weighted by Gasteiger charge is 2.07. The molecule has 4 aromatic rings. The normalized spacial score (nSPS) is 10.6. The quantitative estimate of drug-likeness (QED) is 0.500. The fourth-order valence-corrected chi connectivity index (χ4v) is 3.52. The number of carbonyl (C=O) groups excluding carboxylic acids is 1. The van der Waals surface area contributed by atoms with Crippen LogP contribution in [0.1, 0.15) is 16.3 Å². The molecule has 0 saturated carbocycles. The molecule has 0 aliphatic rings. The minimum absolute atomic E-state index is 0.289. The molecule has 0 bridgehead atoms. The lowest BCUT2D eigenvalue weighted by molar-refractivity contribution is 0.251. The molecule has 2 aromatic heterocycles. The average molecular weight is 390 g/mol. The van der Waals surface area contributed by atoms with E-state index in [1.54, 1.807) is 17.5 Å². The van der Waals surface area contributed by atoms with Crippen LogP contribution in [0.4, 0.5) is 10.5 Å². The number of amides is 2. The van der Waals surface area contributed by atoms with Gasteiger partial charge in [-0.1, -0.05) is 42.5 Å². The molecule has 28 heavy (non-hydrogen) atoms. The standard InChI is InChI=1S/C21H18N4O2S/c26-21(23-12-18-11-22-14-27-18)24-17-8-6-15(7-9-17)10-20-25-19(13-28-20)16-4-2-1-3-5-16/h1-9,11,13-14H,10,12H2,(H2,23,24,26). The van der Waals surface area contributed by atoms with E-state index in [2.05, 4.69) is 33.1 Å². The van der Waals surface area contributed by atoms with Gasteiger partial charge in [0.05, 0.1) is 23.4 Å². The maximum Gasteiger partial charge on any atom is 0.319 e. The van der Waals surface area contributed by atoms with E-state index in [1.165, 1.54) is 6.39 Å². The summed E-state index contributed by atoms with van der Waals surface area (Å²) in [5.74, 6) is 0.601. The number of thiazole rings is 1. The lowest BCUT2D eigenvalue weighted by Gasteiger charge is -2.07. The van der Waals surface area contributed by atoms with Gasteiger partial charge < -0.3 is 15.1 Å². The third-order valence-corrected chi connectivity index (χ3v) is 4.94. The Balaban J connectivity index is 1.32. The number of nitrogens with zero attached hydrogens (tertiary/aromatic N) is 2. The van der Waals surface area contributed by atoms with Crippen LogP contribution in [-0.2, 0) is 13.0 Å². The highest BCUT2D eigenvalue weighted by Crippen LogP contribution is 2.23. The second-order valence-corrected chi connectivity index (χ2v) is 7.08. The van der Waals surface area contributed by atoms with Gasteiger partial charge in [-0.3, -0.25) is 0 Å². The number of benzene rings is 2. The maximum atomic E-state index is 11.9. The Hall–Kier alpha value is -3.45. The van der Waals surface area contributed by atoms with Gasteiger partial charge in [-0.25, -0.2) is 14.8 Å². The molecule has 0 atom stereocenters. The minimum atomic E-state index is -0.295. The van der Waals surface area contributed by atoms with Gasteiger partial charge in [-0.15, -0.1) is 11.3 Å². The van der Waals surface area contributed by atoms with Crippen molar-refractivity contribution < 1.29 is 9.21 Å². The first-order chi connectivity index (χ1) is 13.8. The number of hydrogen-bond acceptors (Lipinski definition) is 5. The van der Waals surface area contributed by atoms with Crippen molar-refractivity contribution in [3.05, 3.63) is 88.9 Å². The molecule has 0 aliphatic carbocycles. The van der Waals surface area contributed by atoms with Crippen molar-refractivity contribution in [3.63, 3.8) is 0 Å². The molecule has 2 N–H and O–H groups in total. The van der Waals surface area contributed by atoms with Gasteiger partial charge in [0, 0.05) is 23.1 Å². The van der Waals surface area contributed by atoms with E-state index in [0.717, 1.165) is 33.9 Å². The molecule has 0 radical (unpaired) electrons. The third kappa shape index (κ3) is 4.63. The summed E-state index contributed by atoms with van der Waals surface area (Å²) in [5, 5.41) is 8.65. The summed E-state index contributed by atoms with van der Waals surface area (Å²) in [7, 11) is 0. The van der Waals surface area contributed by atoms with E-state index in [4.69, 9.17) is 9.40 Å². The molecule has 7 heteroatoms. The van der Waals surface area contributed by atoms with Crippen molar-refractivity contribution in [2.75, 3.05) is 5.32 Å². The molecular formula is C21H18N4O2S. The summed E-state index contributed by atoms with van der Waals surface area (Å²) in [6.07, 6.45) is 3.66. The number of oxazole rings is 1. The van der Waals surface area contributed by atoms with Crippen molar-refractivity contribution in [3.8, 4) is 11.3 Å². The fraction of sp³-hybridized carbons (Fsp3) is 0.0952. The lowest BCUT2D eigenvalue weighted by Crippen LogP contribution is -2.27. The van der Waals surface area contributed by atoms with Gasteiger partial charge in [0.25, 0.3) is 0 Å². The summed E-state index contributed by atoms with van der Waals surface area (Å²) >= 11 is 1.65. The molecule has 0 saturated heterocycles. The van der Waals surface area contributed by atoms with Crippen LogP contribution in [0.3, 0.4) is 0 Å². The van der Waals surface area contributed by atoms with Crippen LogP contribution < -0.4 is 10.6 Å². The number of rotatable bonds is 6. The Labute approximate surface area is 166 Å². The molecule has 0 unspecified atom stereocenters. The fourth-order valence-electron chi connectivity index (χ4n) is 2.69. The molecule has 0 aliphatic heterocycles. The zero-order chi connectivity index (χ0) is 19.2.